The van der Waals surface area contributed by atoms with Crippen molar-refractivity contribution in [3.63, 3.8) is 0 Å². The second-order valence-corrected chi connectivity index (χ2v) is 2.51. The first kappa shape index (κ1) is 8.25. The minimum Gasteiger partial charge on any atom is -0.328 e. The lowest BCUT2D eigenvalue weighted by Gasteiger charge is -2.31. The Morgan fingerprint density at radius 3 is 2.12 bits per heavy atom. The van der Waals surface area contributed by atoms with Crippen molar-refractivity contribution in [2.75, 3.05) is 0 Å². The Bertz CT molecular complexity index is 59.5. The van der Waals surface area contributed by atoms with Gasteiger partial charge in [-0.2, -0.15) is 0 Å². The third-order valence-electron chi connectivity index (χ3n) is 1.85. The van der Waals surface area contributed by atoms with Crippen molar-refractivity contribution in [3.8, 4) is 0 Å². The fraction of sp³-hybridized carbons (Fsp3) is 1.00. The molecule has 50 valence electrons. The Balaban J connectivity index is 0.000000490. The summed E-state index contributed by atoms with van der Waals surface area (Å²) in [5.74, 6) is 0.968. The summed E-state index contributed by atoms with van der Waals surface area (Å²) in [6, 6.07) is 0.546. The Kier molecular flexibility index (Phi) is 3.41. The highest BCUT2D eigenvalue weighted by Crippen LogP contribution is 2.27. The highest BCUT2D eigenvalue weighted by molar-refractivity contribution is 5.85. The van der Waals surface area contributed by atoms with Gasteiger partial charge in [0.25, 0.3) is 0 Å². The molecule has 0 aromatic rings. The first-order chi connectivity index (χ1) is 3.33. The number of nitrogens with two attached hydrogens (primary N) is 1. The van der Waals surface area contributed by atoms with E-state index >= 15 is 0 Å². The average Bonchev–Trinajstić information content (AvgIpc) is 1.58. The van der Waals surface area contributed by atoms with E-state index in [1.165, 1.54) is 19.3 Å². The molecule has 0 aromatic carbocycles. The molecule has 0 spiro atoms. The van der Waals surface area contributed by atoms with Gasteiger partial charge in [-0.05, 0) is 18.8 Å². The van der Waals surface area contributed by atoms with Crippen LogP contribution in [0.15, 0.2) is 0 Å². The molecule has 1 fully saturated rings. The minimum atomic E-state index is 0. The molecular weight excluding hydrogens is 122 g/mol. The average molecular weight is 136 g/mol. The van der Waals surface area contributed by atoms with E-state index in [2.05, 4.69) is 6.92 Å². The maximum atomic E-state index is 5.54. The molecule has 0 aromatic heterocycles. The van der Waals surface area contributed by atoms with E-state index in [0.29, 0.717) is 6.04 Å². The van der Waals surface area contributed by atoms with Crippen LogP contribution in [-0.4, -0.2) is 6.04 Å². The first-order valence-electron chi connectivity index (χ1n) is 3.08. The second-order valence-electron chi connectivity index (χ2n) is 2.51. The summed E-state index contributed by atoms with van der Waals surface area (Å²) in [7, 11) is 0. The van der Waals surface area contributed by atoms with Gasteiger partial charge >= 0.3 is 0 Å². The number of hydrogen-bond acceptors (Lipinski definition) is 1. The fourth-order valence-corrected chi connectivity index (χ4v) is 1.12. The molecule has 2 heteroatoms. The molecule has 1 nitrogen and oxygen atoms in total. The summed E-state index contributed by atoms with van der Waals surface area (Å²) >= 11 is 0. The van der Waals surface area contributed by atoms with Crippen LogP contribution in [0.4, 0.5) is 0 Å². The van der Waals surface area contributed by atoms with Crippen LogP contribution in [0, 0.1) is 5.92 Å². The summed E-state index contributed by atoms with van der Waals surface area (Å²) < 4.78 is 0. The Labute approximate surface area is 57.1 Å². The predicted molar refractivity (Wildman–Crippen MR) is 38.2 cm³/mol. The number of hydrogen-bond donors (Lipinski definition) is 1. The van der Waals surface area contributed by atoms with E-state index in [9.17, 15) is 0 Å². The van der Waals surface area contributed by atoms with Crippen LogP contribution in [-0.2, 0) is 0 Å². The van der Waals surface area contributed by atoms with Gasteiger partial charge in [-0.3, -0.25) is 0 Å². The molecule has 0 atom stereocenters. The molecule has 1 rings (SSSR count). The summed E-state index contributed by atoms with van der Waals surface area (Å²) in [4.78, 5) is 0. The molecule has 1 aliphatic carbocycles. The molecule has 8 heavy (non-hydrogen) atoms. The van der Waals surface area contributed by atoms with Gasteiger partial charge in [0.05, 0.1) is 0 Å². The van der Waals surface area contributed by atoms with Gasteiger partial charge in [-0.1, -0.05) is 13.3 Å². The van der Waals surface area contributed by atoms with Crippen molar-refractivity contribution in [1.82, 2.24) is 0 Å². The van der Waals surface area contributed by atoms with Gasteiger partial charge in [-0.15, -0.1) is 12.4 Å². The monoisotopic (exact) mass is 135 g/mol. The van der Waals surface area contributed by atoms with E-state index < -0.39 is 0 Å². The van der Waals surface area contributed by atoms with E-state index in [1.54, 1.807) is 0 Å². The van der Waals surface area contributed by atoms with E-state index in [0.717, 1.165) is 5.92 Å². The Hall–Kier alpha value is 0.250. The lowest BCUT2D eigenvalue weighted by atomic mass is 9.79. The van der Waals surface area contributed by atoms with Gasteiger partial charge < -0.3 is 5.73 Å². The highest BCUT2D eigenvalue weighted by Gasteiger charge is 2.23. The maximum absolute atomic E-state index is 5.54. The Morgan fingerprint density at radius 2 is 2.00 bits per heavy atom. The van der Waals surface area contributed by atoms with Gasteiger partial charge in [0.2, 0.25) is 0 Å². The van der Waals surface area contributed by atoms with E-state index in [4.69, 9.17) is 5.73 Å². The molecule has 1 aliphatic rings. The van der Waals surface area contributed by atoms with Gasteiger partial charge in [0.15, 0.2) is 0 Å². The quantitative estimate of drug-likeness (QED) is 0.580. The number of halogens is 1. The van der Waals surface area contributed by atoms with Crippen LogP contribution in [0.2, 0.25) is 0 Å². The van der Waals surface area contributed by atoms with Crippen LogP contribution in [0.5, 0.6) is 0 Å². The lowest BCUT2D eigenvalue weighted by Crippen LogP contribution is -2.35. The van der Waals surface area contributed by atoms with Crippen molar-refractivity contribution in [2.24, 2.45) is 11.7 Å². The zero-order chi connectivity index (χ0) is 5.28. The van der Waals surface area contributed by atoms with Crippen molar-refractivity contribution in [3.05, 3.63) is 0 Å². The predicted octanol–water partition coefficient (Wildman–Crippen LogP) is 1.56. The number of rotatable bonds is 1. The summed E-state index contributed by atoms with van der Waals surface area (Å²) in [5, 5.41) is 0. The molecule has 0 radical (unpaired) electrons. The molecule has 0 bridgehead atoms. The molecule has 0 aliphatic heterocycles. The van der Waals surface area contributed by atoms with E-state index in [1.807, 2.05) is 0 Å². The van der Waals surface area contributed by atoms with Gasteiger partial charge in [-0.25, -0.2) is 0 Å². The van der Waals surface area contributed by atoms with Crippen LogP contribution >= 0.6 is 12.4 Å². The highest BCUT2D eigenvalue weighted by atomic mass is 35.5. The van der Waals surface area contributed by atoms with Gasteiger partial charge in [0.1, 0.15) is 0 Å². The van der Waals surface area contributed by atoms with Crippen LogP contribution in [0.25, 0.3) is 0 Å². The Morgan fingerprint density at radius 1 is 1.50 bits per heavy atom. The van der Waals surface area contributed by atoms with Crippen LogP contribution in [0.3, 0.4) is 0 Å². The fourth-order valence-electron chi connectivity index (χ4n) is 1.12. The van der Waals surface area contributed by atoms with Crippen molar-refractivity contribution >= 4 is 12.4 Å². The molecule has 0 heterocycles. The largest absolute Gasteiger partial charge is 0.328 e. The van der Waals surface area contributed by atoms with Crippen LogP contribution < -0.4 is 5.73 Å². The van der Waals surface area contributed by atoms with Gasteiger partial charge in [0, 0.05) is 6.04 Å². The molecule has 2 N–H and O–H groups in total. The lowest BCUT2D eigenvalue weighted by molar-refractivity contribution is 0.258. The second kappa shape index (κ2) is 3.31. The maximum Gasteiger partial charge on any atom is 0.00441 e. The third-order valence-corrected chi connectivity index (χ3v) is 1.85. The molecule has 0 amide bonds. The topological polar surface area (TPSA) is 26.0 Å². The normalized spacial score (nSPS) is 35.2. The molecule has 0 saturated heterocycles. The first-order valence-corrected chi connectivity index (χ1v) is 3.08. The molecule has 1 saturated carbocycles. The van der Waals surface area contributed by atoms with E-state index in [-0.39, 0.29) is 12.4 Å². The zero-order valence-electron chi connectivity index (χ0n) is 5.26. The standard InChI is InChI=1S/C6H13N.ClH/c1-2-5-3-6(7)4-5;/h5-6H,2-4,7H2,1H3;1H. The smallest absolute Gasteiger partial charge is 0.00441 e. The van der Waals surface area contributed by atoms with Crippen LogP contribution in [0.1, 0.15) is 26.2 Å². The minimum absolute atomic E-state index is 0. The summed E-state index contributed by atoms with van der Waals surface area (Å²) in [6.45, 7) is 2.23. The summed E-state index contributed by atoms with van der Waals surface area (Å²) in [6.07, 6.45) is 3.88. The molecule has 0 unspecified atom stereocenters. The summed E-state index contributed by atoms with van der Waals surface area (Å²) in [5.41, 5.74) is 5.54. The molecular formula is C6H14ClN. The van der Waals surface area contributed by atoms with Crippen molar-refractivity contribution in [1.29, 1.82) is 0 Å². The van der Waals surface area contributed by atoms with Crippen molar-refractivity contribution < 1.29 is 0 Å². The SMILES string of the molecule is CCC1CC(N)C1.Cl. The third kappa shape index (κ3) is 1.64. The zero-order valence-corrected chi connectivity index (χ0v) is 6.08. The van der Waals surface area contributed by atoms with Crippen molar-refractivity contribution in [2.45, 2.75) is 32.2 Å².